The van der Waals surface area contributed by atoms with Crippen molar-refractivity contribution in [1.82, 2.24) is 5.32 Å². The maximum absolute atomic E-state index is 13.0. The van der Waals surface area contributed by atoms with E-state index in [0.29, 0.717) is 6.42 Å². The van der Waals surface area contributed by atoms with Crippen LogP contribution in [0.25, 0.3) is 0 Å². The summed E-state index contributed by atoms with van der Waals surface area (Å²) in [6.07, 6.45) is 55.7. The number of hydrogen-bond acceptors (Lipinski definition) is 8. The van der Waals surface area contributed by atoms with Gasteiger partial charge in [0.25, 0.3) is 0 Å². The SMILES string of the molecule is CCCCCC/C=C\C/C=C\CCCCCCCC(=O)NC(COC1OC(CO)C(O)C(O)C1O)C(O)/C=C/CC/C=C/CC/C=C/CCCCCCCCCCCCCCCCCCC. The van der Waals surface area contributed by atoms with Crippen LogP contribution < -0.4 is 5.32 Å². The third kappa shape index (κ3) is 36.0. The lowest BCUT2D eigenvalue weighted by atomic mass is 9.99. The summed E-state index contributed by atoms with van der Waals surface area (Å²) in [6.45, 7) is 3.74. The summed E-state index contributed by atoms with van der Waals surface area (Å²) in [5.74, 6) is -0.205. The molecule has 6 N–H and O–H groups in total. The van der Waals surface area contributed by atoms with Gasteiger partial charge in [0, 0.05) is 6.42 Å². The first-order chi connectivity index (χ1) is 32.3. The second kappa shape index (κ2) is 46.6. The molecule has 0 aromatic rings. The average molecular weight is 930 g/mol. The minimum Gasteiger partial charge on any atom is -0.394 e. The smallest absolute Gasteiger partial charge is 0.220 e. The zero-order chi connectivity index (χ0) is 48.0. The molecule has 1 aliphatic heterocycles. The molecule has 9 nitrogen and oxygen atoms in total. The van der Waals surface area contributed by atoms with Crippen molar-refractivity contribution in [3.8, 4) is 0 Å². The Morgan fingerprint density at radius 1 is 0.515 bits per heavy atom. The van der Waals surface area contributed by atoms with Crippen LogP contribution in [0.1, 0.15) is 239 Å². The minimum absolute atomic E-state index is 0.205. The summed E-state index contributed by atoms with van der Waals surface area (Å²) in [4.78, 5) is 13.0. The van der Waals surface area contributed by atoms with Crippen LogP contribution in [0.2, 0.25) is 0 Å². The zero-order valence-electron chi connectivity index (χ0n) is 42.4. The highest BCUT2D eigenvalue weighted by atomic mass is 16.7. The van der Waals surface area contributed by atoms with E-state index in [1.165, 1.54) is 148 Å². The molecule has 0 aromatic carbocycles. The van der Waals surface area contributed by atoms with E-state index < -0.39 is 49.5 Å². The normalized spacial score (nSPS) is 20.3. The maximum atomic E-state index is 13.0. The van der Waals surface area contributed by atoms with Gasteiger partial charge in [0.2, 0.25) is 5.91 Å². The number of carbonyl (C=O) groups excluding carboxylic acids is 1. The van der Waals surface area contributed by atoms with Crippen LogP contribution in [0.3, 0.4) is 0 Å². The average Bonchev–Trinajstić information content (AvgIpc) is 3.32. The molecule has 7 unspecified atom stereocenters. The maximum Gasteiger partial charge on any atom is 0.220 e. The molecule has 384 valence electrons. The molecule has 7 atom stereocenters. The van der Waals surface area contributed by atoms with Crippen LogP contribution in [0.4, 0.5) is 0 Å². The zero-order valence-corrected chi connectivity index (χ0v) is 42.4. The number of unbranched alkanes of at least 4 members (excludes halogenated alkanes) is 28. The van der Waals surface area contributed by atoms with Gasteiger partial charge in [-0.15, -0.1) is 0 Å². The summed E-state index contributed by atoms with van der Waals surface area (Å²) in [5, 5.41) is 54.4. The number of aliphatic hydroxyl groups is 5. The Bertz CT molecular complexity index is 1220. The van der Waals surface area contributed by atoms with E-state index in [2.05, 4.69) is 67.8 Å². The molecule has 0 aliphatic carbocycles. The third-order valence-electron chi connectivity index (χ3n) is 12.8. The highest BCUT2D eigenvalue weighted by Crippen LogP contribution is 2.23. The van der Waals surface area contributed by atoms with E-state index in [1.807, 2.05) is 6.08 Å². The summed E-state index contributed by atoms with van der Waals surface area (Å²) >= 11 is 0. The number of carbonyl (C=O) groups is 1. The van der Waals surface area contributed by atoms with Gasteiger partial charge in [-0.05, 0) is 77.0 Å². The van der Waals surface area contributed by atoms with Gasteiger partial charge in [0.15, 0.2) is 6.29 Å². The molecule has 1 saturated heterocycles. The molecule has 9 heteroatoms. The number of nitrogens with one attached hydrogen (secondary N) is 1. The number of hydrogen-bond donors (Lipinski definition) is 6. The first kappa shape index (κ1) is 61.9. The van der Waals surface area contributed by atoms with Crippen molar-refractivity contribution in [2.45, 2.75) is 281 Å². The van der Waals surface area contributed by atoms with Gasteiger partial charge in [-0.1, -0.05) is 216 Å². The fourth-order valence-corrected chi connectivity index (χ4v) is 8.40. The summed E-state index contributed by atoms with van der Waals surface area (Å²) in [7, 11) is 0. The topological polar surface area (TPSA) is 149 Å². The van der Waals surface area contributed by atoms with E-state index in [4.69, 9.17) is 9.47 Å². The lowest BCUT2D eigenvalue weighted by Crippen LogP contribution is -2.60. The second-order valence-corrected chi connectivity index (χ2v) is 19.0. The Balaban J connectivity index is 2.29. The highest BCUT2D eigenvalue weighted by Gasteiger charge is 2.44. The largest absolute Gasteiger partial charge is 0.394 e. The second-order valence-electron chi connectivity index (χ2n) is 19.0. The van der Waals surface area contributed by atoms with E-state index in [1.54, 1.807) is 6.08 Å². The number of rotatable bonds is 46. The lowest BCUT2D eigenvalue weighted by Gasteiger charge is -2.40. The van der Waals surface area contributed by atoms with Gasteiger partial charge in [0.05, 0.1) is 25.4 Å². The Hall–Kier alpha value is -2.11. The van der Waals surface area contributed by atoms with Crippen LogP contribution in [0.15, 0.2) is 60.8 Å². The Kier molecular flexibility index (Phi) is 43.7. The van der Waals surface area contributed by atoms with E-state index >= 15 is 0 Å². The van der Waals surface area contributed by atoms with E-state index in [9.17, 15) is 30.3 Å². The van der Waals surface area contributed by atoms with Crippen molar-refractivity contribution < 1.29 is 39.8 Å². The van der Waals surface area contributed by atoms with Crippen LogP contribution >= 0.6 is 0 Å². The molecule has 0 bridgehead atoms. The molecule has 0 saturated carbocycles. The molecule has 1 aliphatic rings. The molecule has 1 fully saturated rings. The Morgan fingerprint density at radius 2 is 0.909 bits per heavy atom. The van der Waals surface area contributed by atoms with E-state index in [-0.39, 0.29) is 12.5 Å². The molecule has 66 heavy (non-hydrogen) atoms. The molecule has 0 spiro atoms. The first-order valence-corrected chi connectivity index (χ1v) is 27.5. The van der Waals surface area contributed by atoms with Crippen molar-refractivity contribution in [2.24, 2.45) is 0 Å². The molecular formula is C57H103NO8. The Morgan fingerprint density at radius 3 is 1.38 bits per heavy atom. The van der Waals surface area contributed by atoms with Crippen molar-refractivity contribution in [3.05, 3.63) is 60.8 Å². The summed E-state index contributed by atoms with van der Waals surface area (Å²) in [5.41, 5.74) is 0. The minimum atomic E-state index is -1.58. The standard InChI is InChI=1S/C57H103NO8/c1-3-5-7-9-11-13-15-17-19-21-22-23-24-25-26-27-28-29-30-31-32-34-36-38-40-42-44-46-51(60)50(49-65-57-56(64)55(63)54(62)52(48-59)66-57)58-53(61)47-45-43-41-39-37-35-33-20-18-16-14-12-10-8-6-4-2/h14,16,20,30-31,33,36,38,44,46,50-52,54-57,59-60,62-64H,3-13,15,17-19,21-29,32,34-35,37,39-43,45,47-49H2,1-2H3,(H,58,61)/b16-14-,31-30+,33-20-,38-36+,46-44+. The van der Waals surface area contributed by atoms with Crippen molar-refractivity contribution in [3.63, 3.8) is 0 Å². The number of aliphatic hydroxyl groups excluding tert-OH is 5. The van der Waals surface area contributed by atoms with E-state index in [0.717, 1.165) is 70.6 Å². The van der Waals surface area contributed by atoms with Crippen LogP contribution in [0.5, 0.6) is 0 Å². The number of allylic oxidation sites excluding steroid dienone is 9. The molecule has 1 heterocycles. The Labute approximate surface area is 405 Å². The van der Waals surface area contributed by atoms with Crippen LogP contribution in [0, 0.1) is 0 Å². The van der Waals surface area contributed by atoms with Crippen molar-refractivity contribution >= 4 is 5.91 Å². The van der Waals surface area contributed by atoms with Gasteiger partial charge in [-0.3, -0.25) is 4.79 Å². The van der Waals surface area contributed by atoms with Gasteiger partial charge < -0.3 is 40.3 Å². The van der Waals surface area contributed by atoms with Gasteiger partial charge in [-0.25, -0.2) is 0 Å². The number of amides is 1. The van der Waals surface area contributed by atoms with Crippen LogP contribution in [-0.4, -0.2) is 87.5 Å². The summed E-state index contributed by atoms with van der Waals surface area (Å²) < 4.78 is 11.2. The van der Waals surface area contributed by atoms with Gasteiger partial charge in [-0.2, -0.15) is 0 Å². The first-order valence-electron chi connectivity index (χ1n) is 27.5. The fourth-order valence-electron chi connectivity index (χ4n) is 8.40. The highest BCUT2D eigenvalue weighted by molar-refractivity contribution is 5.76. The molecule has 0 aromatic heterocycles. The fraction of sp³-hybridized carbons (Fsp3) is 0.807. The van der Waals surface area contributed by atoms with Gasteiger partial charge in [0.1, 0.15) is 24.4 Å². The third-order valence-corrected chi connectivity index (χ3v) is 12.8. The van der Waals surface area contributed by atoms with Crippen molar-refractivity contribution in [2.75, 3.05) is 13.2 Å². The lowest BCUT2D eigenvalue weighted by molar-refractivity contribution is -0.302. The van der Waals surface area contributed by atoms with Gasteiger partial charge >= 0.3 is 0 Å². The quantitative estimate of drug-likeness (QED) is 0.0261. The summed E-state index contributed by atoms with van der Waals surface area (Å²) in [6, 6.07) is -0.838. The predicted molar refractivity (Wildman–Crippen MR) is 276 cm³/mol. The van der Waals surface area contributed by atoms with Crippen LogP contribution in [-0.2, 0) is 14.3 Å². The monoisotopic (exact) mass is 930 g/mol. The molecular weight excluding hydrogens is 827 g/mol. The molecule has 1 rings (SSSR count). The number of ether oxygens (including phenoxy) is 2. The predicted octanol–water partition coefficient (Wildman–Crippen LogP) is 13.1. The molecule has 1 amide bonds. The molecule has 0 radical (unpaired) electrons. The van der Waals surface area contributed by atoms with Crippen molar-refractivity contribution in [1.29, 1.82) is 0 Å².